The number of hydrogen-bond donors (Lipinski definition) is 2. The standard InChI is InChI=1S/C22H32N6/c1-23-21(25-17-22(13-14-22)18-9-4-2-5-10-18)24-15-8-12-20-27-26-19-11-6-3-7-16-28(19)20/h2,4-5,9-10H,3,6-8,11-17H2,1H3,(H2,23,24,25). The second-order valence-corrected chi connectivity index (χ2v) is 8.10. The maximum absolute atomic E-state index is 4.43. The Balaban J connectivity index is 1.22. The highest BCUT2D eigenvalue weighted by molar-refractivity contribution is 5.79. The van der Waals surface area contributed by atoms with Gasteiger partial charge in [0.2, 0.25) is 0 Å². The monoisotopic (exact) mass is 380 g/mol. The van der Waals surface area contributed by atoms with Crippen molar-refractivity contribution in [2.75, 3.05) is 20.1 Å². The van der Waals surface area contributed by atoms with Crippen molar-refractivity contribution >= 4 is 5.96 Å². The summed E-state index contributed by atoms with van der Waals surface area (Å²) in [5.41, 5.74) is 1.73. The molecule has 2 heterocycles. The van der Waals surface area contributed by atoms with Gasteiger partial charge in [-0.05, 0) is 37.7 Å². The summed E-state index contributed by atoms with van der Waals surface area (Å²) in [7, 11) is 1.84. The largest absolute Gasteiger partial charge is 0.356 e. The highest BCUT2D eigenvalue weighted by atomic mass is 15.3. The first-order valence-electron chi connectivity index (χ1n) is 10.7. The van der Waals surface area contributed by atoms with Crippen LogP contribution in [-0.2, 0) is 24.8 Å². The maximum Gasteiger partial charge on any atom is 0.191 e. The number of fused-ring (bicyclic) bond motifs is 1. The van der Waals surface area contributed by atoms with Crippen LogP contribution >= 0.6 is 0 Å². The molecule has 150 valence electrons. The summed E-state index contributed by atoms with van der Waals surface area (Å²) in [6, 6.07) is 10.8. The number of nitrogens with one attached hydrogen (secondary N) is 2. The molecule has 1 aliphatic heterocycles. The predicted octanol–water partition coefficient (Wildman–Crippen LogP) is 2.83. The Morgan fingerprint density at radius 1 is 1.11 bits per heavy atom. The van der Waals surface area contributed by atoms with E-state index in [1.165, 1.54) is 43.5 Å². The van der Waals surface area contributed by atoms with Gasteiger partial charge in [-0.3, -0.25) is 4.99 Å². The Kier molecular flexibility index (Phi) is 5.93. The third-order valence-electron chi connectivity index (χ3n) is 6.11. The molecular weight excluding hydrogens is 348 g/mol. The SMILES string of the molecule is CN=C(NCCCc1nnc2n1CCCCC2)NCC1(c2ccccc2)CC1. The zero-order valence-corrected chi connectivity index (χ0v) is 17.0. The Labute approximate surface area is 167 Å². The zero-order chi connectivity index (χ0) is 19.2. The fourth-order valence-corrected chi connectivity index (χ4v) is 4.17. The molecule has 1 fully saturated rings. The van der Waals surface area contributed by atoms with E-state index in [0.29, 0.717) is 0 Å². The number of aryl methyl sites for hydroxylation is 2. The quantitative estimate of drug-likeness (QED) is 0.440. The van der Waals surface area contributed by atoms with Crippen LogP contribution in [0.25, 0.3) is 0 Å². The first-order chi connectivity index (χ1) is 13.8. The highest BCUT2D eigenvalue weighted by Crippen LogP contribution is 2.47. The number of nitrogens with zero attached hydrogens (tertiary/aromatic N) is 4. The molecule has 4 rings (SSSR count). The van der Waals surface area contributed by atoms with Crippen molar-refractivity contribution in [1.29, 1.82) is 0 Å². The van der Waals surface area contributed by atoms with Crippen LogP contribution in [0.15, 0.2) is 35.3 Å². The van der Waals surface area contributed by atoms with Crippen LogP contribution in [0.3, 0.4) is 0 Å². The second-order valence-electron chi connectivity index (χ2n) is 8.10. The minimum absolute atomic E-state index is 0.290. The lowest BCUT2D eigenvalue weighted by Gasteiger charge is -2.19. The van der Waals surface area contributed by atoms with Gasteiger partial charge < -0.3 is 15.2 Å². The molecule has 28 heavy (non-hydrogen) atoms. The fraction of sp³-hybridized carbons (Fsp3) is 0.591. The number of benzene rings is 1. The molecule has 2 N–H and O–H groups in total. The van der Waals surface area contributed by atoms with Crippen LogP contribution in [-0.4, -0.2) is 40.9 Å². The third kappa shape index (κ3) is 4.37. The van der Waals surface area contributed by atoms with Gasteiger partial charge in [-0.1, -0.05) is 36.8 Å². The van der Waals surface area contributed by atoms with Gasteiger partial charge in [0.1, 0.15) is 11.6 Å². The van der Waals surface area contributed by atoms with E-state index in [4.69, 9.17) is 0 Å². The van der Waals surface area contributed by atoms with Gasteiger partial charge in [0, 0.05) is 44.9 Å². The third-order valence-corrected chi connectivity index (χ3v) is 6.11. The number of guanidine groups is 1. The molecule has 0 unspecified atom stereocenters. The summed E-state index contributed by atoms with van der Waals surface area (Å²) in [5, 5.41) is 15.8. The van der Waals surface area contributed by atoms with Gasteiger partial charge in [0.15, 0.2) is 5.96 Å². The predicted molar refractivity (Wildman–Crippen MR) is 113 cm³/mol. The van der Waals surface area contributed by atoms with Crippen molar-refractivity contribution in [1.82, 2.24) is 25.4 Å². The normalized spacial score (nSPS) is 18.2. The number of aromatic nitrogens is 3. The summed E-state index contributed by atoms with van der Waals surface area (Å²) in [6.07, 6.45) is 9.36. The molecule has 0 bridgehead atoms. The van der Waals surface area contributed by atoms with Crippen molar-refractivity contribution in [3.63, 3.8) is 0 Å². The average molecular weight is 381 g/mol. The van der Waals surface area contributed by atoms with Gasteiger partial charge >= 0.3 is 0 Å². The van der Waals surface area contributed by atoms with Gasteiger partial charge in [-0.15, -0.1) is 10.2 Å². The van der Waals surface area contributed by atoms with Crippen LogP contribution in [0.2, 0.25) is 0 Å². The van der Waals surface area contributed by atoms with E-state index < -0.39 is 0 Å². The summed E-state index contributed by atoms with van der Waals surface area (Å²) < 4.78 is 2.34. The first kappa shape index (κ1) is 19.0. The minimum atomic E-state index is 0.290. The van der Waals surface area contributed by atoms with Gasteiger partial charge in [-0.2, -0.15) is 0 Å². The molecule has 0 radical (unpaired) electrons. The molecule has 6 nitrogen and oxygen atoms in total. The van der Waals surface area contributed by atoms with E-state index in [-0.39, 0.29) is 5.41 Å². The van der Waals surface area contributed by atoms with E-state index >= 15 is 0 Å². The smallest absolute Gasteiger partial charge is 0.191 e. The molecule has 0 saturated heterocycles. The topological polar surface area (TPSA) is 67.1 Å². The Hall–Kier alpha value is -2.37. The fourth-order valence-electron chi connectivity index (χ4n) is 4.17. The molecule has 1 saturated carbocycles. The van der Waals surface area contributed by atoms with Gasteiger partial charge in [0.05, 0.1) is 0 Å². The van der Waals surface area contributed by atoms with E-state index in [1.807, 2.05) is 7.05 Å². The molecule has 1 aliphatic carbocycles. The molecule has 0 amide bonds. The van der Waals surface area contributed by atoms with Crippen LogP contribution in [0.4, 0.5) is 0 Å². The van der Waals surface area contributed by atoms with Crippen molar-refractivity contribution in [2.24, 2.45) is 4.99 Å². The number of hydrogen-bond acceptors (Lipinski definition) is 3. The van der Waals surface area contributed by atoms with Crippen molar-refractivity contribution in [3.8, 4) is 0 Å². The number of rotatable bonds is 7. The van der Waals surface area contributed by atoms with E-state index in [0.717, 1.165) is 50.7 Å². The molecule has 0 atom stereocenters. The lowest BCUT2D eigenvalue weighted by molar-refractivity contribution is 0.592. The Bertz CT molecular complexity index is 791. The first-order valence-corrected chi connectivity index (χ1v) is 10.7. The van der Waals surface area contributed by atoms with Crippen molar-refractivity contribution < 1.29 is 0 Å². The molecular formula is C22H32N6. The van der Waals surface area contributed by atoms with Crippen molar-refractivity contribution in [3.05, 3.63) is 47.5 Å². The van der Waals surface area contributed by atoms with Crippen LogP contribution in [0, 0.1) is 0 Å². The van der Waals surface area contributed by atoms with E-state index in [2.05, 4.69) is 60.7 Å². The van der Waals surface area contributed by atoms with E-state index in [1.54, 1.807) is 0 Å². The average Bonchev–Trinajstić information content (AvgIpc) is 3.49. The molecule has 6 heteroatoms. The summed E-state index contributed by atoms with van der Waals surface area (Å²) in [6.45, 7) is 2.91. The second kappa shape index (κ2) is 8.76. The van der Waals surface area contributed by atoms with Crippen LogP contribution < -0.4 is 10.6 Å². The molecule has 2 aromatic rings. The lowest BCUT2D eigenvalue weighted by atomic mass is 9.96. The maximum atomic E-state index is 4.43. The Morgan fingerprint density at radius 2 is 1.96 bits per heavy atom. The minimum Gasteiger partial charge on any atom is -0.356 e. The zero-order valence-electron chi connectivity index (χ0n) is 17.0. The molecule has 1 aromatic carbocycles. The van der Waals surface area contributed by atoms with Crippen LogP contribution in [0.5, 0.6) is 0 Å². The van der Waals surface area contributed by atoms with Crippen molar-refractivity contribution in [2.45, 2.75) is 63.3 Å². The highest BCUT2D eigenvalue weighted by Gasteiger charge is 2.43. The van der Waals surface area contributed by atoms with E-state index in [9.17, 15) is 0 Å². The summed E-state index contributed by atoms with van der Waals surface area (Å²) >= 11 is 0. The van der Waals surface area contributed by atoms with Gasteiger partial charge in [0.25, 0.3) is 0 Å². The van der Waals surface area contributed by atoms with Crippen LogP contribution in [0.1, 0.15) is 55.7 Å². The van der Waals surface area contributed by atoms with Gasteiger partial charge in [-0.25, -0.2) is 0 Å². The molecule has 0 spiro atoms. The molecule has 2 aliphatic rings. The Morgan fingerprint density at radius 3 is 2.75 bits per heavy atom. The number of aliphatic imine (C=N–C) groups is 1. The summed E-state index contributed by atoms with van der Waals surface area (Å²) in [5.74, 6) is 3.21. The molecule has 1 aromatic heterocycles. The summed E-state index contributed by atoms with van der Waals surface area (Å²) in [4.78, 5) is 4.39. The lowest BCUT2D eigenvalue weighted by Crippen LogP contribution is -2.41.